The van der Waals surface area contributed by atoms with Crippen molar-refractivity contribution in [1.29, 1.82) is 0 Å². The molecule has 1 N–H and O–H groups in total. The van der Waals surface area contributed by atoms with Crippen LogP contribution in [0.5, 0.6) is 0 Å². The van der Waals surface area contributed by atoms with Crippen LogP contribution in [0.3, 0.4) is 0 Å². The first-order valence-corrected chi connectivity index (χ1v) is 6.99. The topological polar surface area (TPSA) is 24.9 Å². The summed E-state index contributed by atoms with van der Waals surface area (Å²) in [6, 6.07) is 10.6. The monoisotopic (exact) mass is 292 g/mol. The number of anilines is 1. The summed E-state index contributed by atoms with van der Waals surface area (Å²) in [5, 5.41) is 3.61. The number of aromatic nitrogens is 1. The Morgan fingerprint density at radius 1 is 1.21 bits per heavy atom. The zero-order valence-corrected chi connectivity index (χ0v) is 11.4. The van der Waals surface area contributed by atoms with Crippen molar-refractivity contribution in [2.45, 2.75) is 6.54 Å². The molecule has 0 unspecified atom stereocenters. The van der Waals surface area contributed by atoms with Crippen molar-refractivity contribution in [1.82, 2.24) is 4.98 Å². The molecule has 3 rings (SSSR count). The van der Waals surface area contributed by atoms with E-state index in [0.29, 0.717) is 17.1 Å². The molecule has 0 fully saturated rings. The van der Waals surface area contributed by atoms with E-state index in [9.17, 15) is 4.39 Å². The highest BCUT2D eigenvalue weighted by Crippen LogP contribution is 2.22. The van der Waals surface area contributed by atoms with E-state index in [4.69, 9.17) is 11.6 Å². The quantitative estimate of drug-likeness (QED) is 0.757. The molecule has 0 aliphatic rings. The maximum Gasteiger partial charge on any atom is 0.129 e. The third-order valence-electron chi connectivity index (χ3n) is 2.83. The van der Waals surface area contributed by atoms with Crippen LogP contribution in [0.15, 0.2) is 41.9 Å². The Kier molecular flexibility index (Phi) is 3.36. The SMILES string of the molecule is Fc1cc(Cl)ccc1CNc1ccc2ncsc2c1. The van der Waals surface area contributed by atoms with Crippen LogP contribution in [0.2, 0.25) is 5.02 Å². The van der Waals surface area contributed by atoms with Crippen molar-refractivity contribution in [3.63, 3.8) is 0 Å². The van der Waals surface area contributed by atoms with Crippen molar-refractivity contribution in [2.24, 2.45) is 0 Å². The number of thiazole rings is 1. The van der Waals surface area contributed by atoms with Gasteiger partial charge in [-0.1, -0.05) is 17.7 Å². The van der Waals surface area contributed by atoms with Gasteiger partial charge in [-0.2, -0.15) is 0 Å². The molecule has 96 valence electrons. The zero-order valence-electron chi connectivity index (χ0n) is 9.86. The van der Waals surface area contributed by atoms with Crippen LogP contribution >= 0.6 is 22.9 Å². The van der Waals surface area contributed by atoms with E-state index in [1.807, 2.05) is 23.7 Å². The molecule has 0 radical (unpaired) electrons. The van der Waals surface area contributed by atoms with Gasteiger partial charge in [0.25, 0.3) is 0 Å². The average molecular weight is 293 g/mol. The molecule has 0 atom stereocenters. The molecular formula is C14H10ClFN2S. The minimum Gasteiger partial charge on any atom is -0.381 e. The Labute approximate surface area is 118 Å². The van der Waals surface area contributed by atoms with E-state index < -0.39 is 0 Å². The number of nitrogens with one attached hydrogen (secondary N) is 1. The normalized spacial score (nSPS) is 10.8. The van der Waals surface area contributed by atoms with Crippen LogP contribution in [0, 0.1) is 5.82 Å². The molecule has 0 aliphatic carbocycles. The minimum atomic E-state index is -0.293. The van der Waals surface area contributed by atoms with E-state index in [-0.39, 0.29) is 5.82 Å². The van der Waals surface area contributed by atoms with Gasteiger partial charge >= 0.3 is 0 Å². The van der Waals surface area contributed by atoms with Gasteiger partial charge in [0.15, 0.2) is 0 Å². The van der Waals surface area contributed by atoms with Gasteiger partial charge in [0.2, 0.25) is 0 Å². The lowest BCUT2D eigenvalue weighted by molar-refractivity contribution is 0.613. The number of nitrogens with zero attached hydrogens (tertiary/aromatic N) is 1. The third-order valence-corrected chi connectivity index (χ3v) is 3.86. The minimum absolute atomic E-state index is 0.293. The maximum atomic E-state index is 13.6. The Morgan fingerprint density at radius 3 is 2.95 bits per heavy atom. The first kappa shape index (κ1) is 12.4. The summed E-state index contributed by atoms with van der Waals surface area (Å²) in [5.41, 5.74) is 4.33. The van der Waals surface area contributed by atoms with Gasteiger partial charge in [-0.25, -0.2) is 9.37 Å². The molecule has 0 bridgehead atoms. The summed E-state index contributed by atoms with van der Waals surface area (Å²) >= 11 is 7.31. The molecule has 3 aromatic rings. The van der Waals surface area contributed by atoms with Gasteiger partial charge in [-0.05, 0) is 30.3 Å². The molecule has 2 nitrogen and oxygen atoms in total. The zero-order chi connectivity index (χ0) is 13.2. The molecule has 0 spiro atoms. The Balaban J connectivity index is 1.77. The lowest BCUT2D eigenvalue weighted by atomic mass is 10.2. The van der Waals surface area contributed by atoms with E-state index in [0.717, 1.165) is 15.9 Å². The van der Waals surface area contributed by atoms with E-state index in [2.05, 4.69) is 10.3 Å². The lowest BCUT2D eigenvalue weighted by Gasteiger charge is -2.07. The molecule has 0 saturated carbocycles. The van der Waals surface area contributed by atoms with Crippen molar-refractivity contribution < 1.29 is 4.39 Å². The molecule has 0 saturated heterocycles. The van der Waals surface area contributed by atoms with Crippen LogP contribution in [0.4, 0.5) is 10.1 Å². The molecule has 2 aromatic carbocycles. The number of hydrogen-bond acceptors (Lipinski definition) is 3. The average Bonchev–Trinajstić information content (AvgIpc) is 2.85. The fourth-order valence-corrected chi connectivity index (χ4v) is 2.70. The van der Waals surface area contributed by atoms with Crippen molar-refractivity contribution >= 4 is 38.8 Å². The third kappa shape index (κ3) is 2.69. The van der Waals surface area contributed by atoms with Gasteiger partial charge in [-0.15, -0.1) is 11.3 Å². The van der Waals surface area contributed by atoms with Gasteiger partial charge < -0.3 is 5.32 Å². The molecule has 0 aliphatic heterocycles. The van der Waals surface area contributed by atoms with Crippen molar-refractivity contribution in [2.75, 3.05) is 5.32 Å². The van der Waals surface area contributed by atoms with Crippen molar-refractivity contribution in [3.8, 4) is 0 Å². The molecule has 0 amide bonds. The Morgan fingerprint density at radius 2 is 2.11 bits per heavy atom. The second kappa shape index (κ2) is 5.15. The number of rotatable bonds is 3. The molecule has 1 aromatic heterocycles. The fourth-order valence-electron chi connectivity index (χ4n) is 1.83. The van der Waals surface area contributed by atoms with Crippen LogP contribution in [-0.2, 0) is 6.54 Å². The van der Waals surface area contributed by atoms with Gasteiger partial charge in [0.1, 0.15) is 5.82 Å². The molecule has 1 heterocycles. The van der Waals surface area contributed by atoms with E-state index in [1.165, 1.54) is 6.07 Å². The summed E-state index contributed by atoms with van der Waals surface area (Å²) in [7, 11) is 0. The summed E-state index contributed by atoms with van der Waals surface area (Å²) in [5.74, 6) is -0.293. The maximum absolute atomic E-state index is 13.6. The summed E-state index contributed by atoms with van der Waals surface area (Å²) in [6.45, 7) is 0.424. The van der Waals surface area contributed by atoms with E-state index in [1.54, 1.807) is 23.5 Å². The number of hydrogen-bond donors (Lipinski definition) is 1. The molecule has 19 heavy (non-hydrogen) atoms. The predicted molar refractivity (Wildman–Crippen MR) is 78.4 cm³/mol. The van der Waals surface area contributed by atoms with Crippen LogP contribution < -0.4 is 5.32 Å². The molecule has 5 heteroatoms. The predicted octanol–water partition coefficient (Wildman–Crippen LogP) is 4.70. The number of fused-ring (bicyclic) bond motifs is 1. The highest BCUT2D eigenvalue weighted by molar-refractivity contribution is 7.16. The number of benzene rings is 2. The largest absolute Gasteiger partial charge is 0.381 e. The first-order chi connectivity index (χ1) is 9.22. The van der Waals surface area contributed by atoms with Crippen LogP contribution in [-0.4, -0.2) is 4.98 Å². The van der Waals surface area contributed by atoms with Crippen molar-refractivity contribution in [3.05, 3.63) is 58.3 Å². The highest BCUT2D eigenvalue weighted by atomic mass is 35.5. The smallest absolute Gasteiger partial charge is 0.129 e. The first-order valence-electron chi connectivity index (χ1n) is 5.73. The van der Waals surface area contributed by atoms with Gasteiger partial charge in [0.05, 0.1) is 15.7 Å². The summed E-state index contributed by atoms with van der Waals surface area (Å²) < 4.78 is 14.7. The Bertz CT molecular complexity index is 726. The highest BCUT2D eigenvalue weighted by Gasteiger charge is 2.03. The lowest BCUT2D eigenvalue weighted by Crippen LogP contribution is -2.01. The standard InChI is InChI=1S/C14H10ClFN2S/c15-10-2-1-9(12(16)5-10)7-17-11-3-4-13-14(6-11)19-8-18-13/h1-6,8,17H,7H2. The van der Waals surface area contributed by atoms with Gasteiger partial charge in [-0.3, -0.25) is 0 Å². The summed E-state index contributed by atoms with van der Waals surface area (Å²) in [4.78, 5) is 4.22. The summed E-state index contributed by atoms with van der Waals surface area (Å²) in [6.07, 6.45) is 0. The van der Waals surface area contributed by atoms with E-state index >= 15 is 0 Å². The second-order valence-corrected chi connectivity index (χ2v) is 5.45. The fraction of sp³-hybridized carbons (Fsp3) is 0.0714. The molecular weight excluding hydrogens is 283 g/mol. The van der Waals surface area contributed by atoms with Gasteiger partial charge in [0, 0.05) is 22.8 Å². The second-order valence-electron chi connectivity index (χ2n) is 4.12. The number of halogens is 2. The van der Waals surface area contributed by atoms with Crippen LogP contribution in [0.1, 0.15) is 5.56 Å². The Hall–Kier alpha value is -1.65. The van der Waals surface area contributed by atoms with Crippen LogP contribution in [0.25, 0.3) is 10.2 Å².